The van der Waals surface area contributed by atoms with E-state index in [0.717, 1.165) is 5.56 Å². The van der Waals surface area contributed by atoms with Gasteiger partial charge in [-0.25, -0.2) is 4.79 Å². The summed E-state index contributed by atoms with van der Waals surface area (Å²) >= 11 is 0. The number of Topliss-reactive ketones (excluding diaryl/α,β-unsaturated/α-hetero) is 1. The first-order chi connectivity index (χ1) is 9.95. The van der Waals surface area contributed by atoms with Gasteiger partial charge < -0.3 is 10.4 Å². The summed E-state index contributed by atoms with van der Waals surface area (Å²) in [5, 5.41) is 11.8. The van der Waals surface area contributed by atoms with E-state index in [1.54, 1.807) is 25.1 Å². The Labute approximate surface area is 123 Å². The van der Waals surface area contributed by atoms with Crippen LogP contribution in [0, 0.1) is 5.92 Å². The number of carboxylic acid groups (broad SMARTS) is 1. The Kier molecular flexibility index (Phi) is 4.40. The van der Waals surface area contributed by atoms with E-state index in [1.807, 2.05) is 6.92 Å². The second-order valence-corrected chi connectivity index (χ2v) is 5.43. The predicted molar refractivity (Wildman–Crippen MR) is 77.4 cm³/mol. The molecule has 0 fully saturated rings. The monoisotopic (exact) mass is 289 g/mol. The lowest BCUT2D eigenvalue weighted by atomic mass is 9.97. The first kappa shape index (κ1) is 15.2. The van der Waals surface area contributed by atoms with Crippen LogP contribution in [-0.2, 0) is 11.2 Å². The maximum atomic E-state index is 12.4. The Balaban J connectivity index is 2.25. The molecule has 0 saturated carbocycles. The van der Waals surface area contributed by atoms with Gasteiger partial charge in [-0.15, -0.1) is 0 Å². The van der Waals surface area contributed by atoms with Crippen molar-refractivity contribution in [1.82, 2.24) is 5.32 Å². The van der Waals surface area contributed by atoms with Crippen LogP contribution in [0.25, 0.3) is 0 Å². The fourth-order valence-corrected chi connectivity index (χ4v) is 2.61. The second-order valence-electron chi connectivity index (χ2n) is 5.43. The van der Waals surface area contributed by atoms with Gasteiger partial charge in [0, 0.05) is 17.5 Å². The number of hydrogen-bond acceptors (Lipinski definition) is 3. The SMILES string of the molecule is CC[C@@H](C)[C@H](NC(=O)c1cccc2c1CCC2=O)C(=O)O. The number of hydrogen-bond donors (Lipinski definition) is 2. The Morgan fingerprint density at radius 2 is 2.05 bits per heavy atom. The number of aliphatic carboxylic acids is 1. The fraction of sp³-hybridized carbons (Fsp3) is 0.438. The minimum absolute atomic E-state index is 0.0383. The van der Waals surface area contributed by atoms with Gasteiger partial charge in [0.1, 0.15) is 6.04 Å². The van der Waals surface area contributed by atoms with Crippen LogP contribution < -0.4 is 5.32 Å². The Bertz CT molecular complexity index is 594. The normalized spacial score (nSPS) is 16.2. The fourth-order valence-electron chi connectivity index (χ4n) is 2.61. The van der Waals surface area contributed by atoms with Crippen LogP contribution >= 0.6 is 0 Å². The van der Waals surface area contributed by atoms with Crippen molar-refractivity contribution in [3.63, 3.8) is 0 Å². The zero-order valence-corrected chi connectivity index (χ0v) is 12.2. The van der Waals surface area contributed by atoms with Crippen molar-refractivity contribution in [2.75, 3.05) is 0 Å². The third-order valence-electron chi connectivity index (χ3n) is 4.09. The molecule has 1 aliphatic carbocycles. The van der Waals surface area contributed by atoms with E-state index in [4.69, 9.17) is 0 Å². The number of carbonyl (C=O) groups excluding carboxylic acids is 2. The minimum atomic E-state index is -1.04. The molecule has 0 bridgehead atoms. The minimum Gasteiger partial charge on any atom is -0.480 e. The van der Waals surface area contributed by atoms with E-state index in [0.29, 0.717) is 30.4 Å². The molecule has 112 valence electrons. The molecule has 1 aromatic carbocycles. The molecule has 0 aliphatic heterocycles. The first-order valence-corrected chi connectivity index (χ1v) is 7.14. The van der Waals surface area contributed by atoms with Crippen LogP contribution in [0.3, 0.4) is 0 Å². The van der Waals surface area contributed by atoms with Gasteiger partial charge >= 0.3 is 5.97 Å². The molecule has 5 nitrogen and oxygen atoms in total. The summed E-state index contributed by atoms with van der Waals surface area (Å²) in [6.45, 7) is 3.67. The molecule has 2 rings (SSSR count). The van der Waals surface area contributed by atoms with E-state index in [-0.39, 0.29) is 11.7 Å². The zero-order valence-electron chi connectivity index (χ0n) is 12.2. The van der Waals surface area contributed by atoms with E-state index < -0.39 is 17.9 Å². The molecule has 0 heterocycles. The average Bonchev–Trinajstić information content (AvgIpc) is 2.85. The largest absolute Gasteiger partial charge is 0.480 e. The quantitative estimate of drug-likeness (QED) is 0.869. The highest BCUT2D eigenvalue weighted by Crippen LogP contribution is 2.25. The third kappa shape index (κ3) is 2.96. The molecule has 0 saturated heterocycles. The molecule has 2 N–H and O–H groups in total. The molecule has 0 unspecified atom stereocenters. The molecule has 1 aliphatic rings. The van der Waals surface area contributed by atoms with Crippen molar-refractivity contribution < 1.29 is 19.5 Å². The summed E-state index contributed by atoms with van der Waals surface area (Å²) in [7, 11) is 0. The van der Waals surface area contributed by atoms with E-state index in [9.17, 15) is 19.5 Å². The second kappa shape index (κ2) is 6.08. The third-order valence-corrected chi connectivity index (χ3v) is 4.09. The maximum absolute atomic E-state index is 12.4. The van der Waals surface area contributed by atoms with Crippen molar-refractivity contribution in [3.05, 3.63) is 34.9 Å². The van der Waals surface area contributed by atoms with Crippen LogP contribution in [0.15, 0.2) is 18.2 Å². The standard InChI is InChI=1S/C16H19NO4/c1-3-9(2)14(16(20)21)17-15(19)12-6-4-5-11-10(12)7-8-13(11)18/h4-6,9,14H,3,7-8H2,1-2H3,(H,17,19)(H,20,21)/t9-,14+/m1/s1. The number of benzene rings is 1. The molecule has 21 heavy (non-hydrogen) atoms. The van der Waals surface area contributed by atoms with Gasteiger partial charge in [-0.1, -0.05) is 32.4 Å². The zero-order chi connectivity index (χ0) is 15.6. The summed E-state index contributed by atoms with van der Waals surface area (Å²) in [4.78, 5) is 35.3. The molecule has 1 amide bonds. The number of nitrogens with one attached hydrogen (secondary N) is 1. The van der Waals surface area contributed by atoms with Crippen LogP contribution in [0.5, 0.6) is 0 Å². The summed E-state index contributed by atoms with van der Waals surface area (Å²) in [6.07, 6.45) is 1.61. The van der Waals surface area contributed by atoms with Gasteiger partial charge in [-0.3, -0.25) is 9.59 Å². The average molecular weight is 289 g/mol. The van der Waals surface area contributed by atoms with E-state index in [2.05, 4.69) is 5.32 Å². The highest BCUT2D eigenvalue weighted by molar-refractivity contribution is 6.06. The lowest BCUT2D eigenvalue weighted by molar-refractivity contribution is -0.140. The lowest BCUT2D eigenvalue weighted by Crippen LogP contribution is -2.45. The van der Waals surface area contributed by atoms with Gasteiger partial charge in [0.05, 0.1) is 0 Å². The highest BCUT2D eigenvalue weighted by Gasteiger charge is 2.29. The number of rotatable bonds is 5. The topological polar surface area (TPSA) is 83.5 Å². The van der Waals surface area contributed by atoms with Gasteiger partial charge in [-0.05, 0) is 24.0 Å². The number of carbonyl (C=O) groups is 3. The molecule has 0 radical (unpaired) electrons. The molecule has 1 aromatic rings. The summed E-state index contributed by atoms with van der Waals surface area (Å²) in [5.41, 5.74) is 1.72. The van der Waals surface area contributed by atoms with Crippen LogP contribution in [0.4, 0.5) is 0 Å². The van der Waals surface area contributed by atoms with Gasteiger partial charge in [-0.2, -0.15) is 0 Å². The van der Waals surface area contributed by atoms with Crippen molar-refractivity contribution in [2.45, 2.75) is 39.2 Å². The smallest absolute Gasteiger partial charge is 0.326 e. The van der Waals surface area contributed by atoms with Crippen LogP contribution in [-0.4, -0.2) is 28.8 Å². The molecular formula is C16H19NO4. The Morgan fingerprint density at radius 3 is 2.67 bits per heavy atom. The molecule has 5 heteroatoms. The molecule has 0 spiro atoms. The highest BCUT2D eigenvalue weighted by atomic mass is 16.4. The van der Waals surface area contributed by atoms with Crippen molar-refractivity contribution in [2.24, 2.45) is 5.92 Å². The summed E-state index contributed by atoms with van der Waals surface area (Å²) in [6, 6.07) is 4.10. The van der Waals surface area contributed by atoms with Crippen LogP contribution in [0.1, 0.15) is 53.0 Å². The van der Waals surface area contributed by atoms with Crippen molar-refractivity contribution in [1.29, 1.82) is 0 Å². The summed E-state index contributed by atoms with van der Waals surface area (Å²) in [5.74, 6) is -1.59. The number of fused-ring (bicyclic) bond motifs is 1. The number of ketones is 1. The molecular weight excluding hydrogens is 270 g/mol. The Hall–Kier alpha value is -2.17. The lowest BCUT2D eigenvalue weighted by Gasteiger charge is -2.20. The van der Waals surface area contributed by atoms with Gasteiger partial charge in [0.25, 0.3) is 5.91 Å². The maximum Gasteiger partial charge on any atom is 0.326 e. The van der Waals surface area contributed by atoms with Crippen molar-refractivity contribution >= 4 is 17.7 Å². The number of carboxylic acids is 1. The van der Waals surface area contributed by atoms with Gasteiger partial charge in [0.2, 0.25) is 0 Å². The number of amides is 1. The van der Waals surface area contributed by atoms with E-state index >= 15 is 0 Å². The molecule has 0 aromatic heterocycles. The van der Waals surface area contributed by atoms with E-state index in [1.165, 1.54) is 0 Å². The molecule has 2 atom stereocenters. The predicted octanol–water partition coefficient (Wildman–Crippen LogP) is 2.04. The van der Waals surface area contributed by atoms with Gasteiger partial charge in [0.15, 0.2) is 5.78 Å². The summed E-state index contributed by atoms with van der Waals surface area (Å²) < 4.78 is 0. The first-order valence-electron chi connectivity index (χ1n) is 7.14. The van der Waals surface area contributed by atoms with Crippen LogP contribution in [0.2, 0.25) is 0 Å². The van der Waals surface area contributed by atoms with Crippen molar-refractivity contribution in [3.8, 4) is 0 Å². The Morgan fingerprint density at radius 1 is 1.33 bits per heavy atom.